The number of carbonyl (C=O) groups excluding carboxylic acids is 1. The summed E-state index contributed by atoms with van der Waals surface area (Å²) in [6, 6.07) is 4.10. The fraction of sp³-hybridized carbons (Fsp3) is 0.640. The number of carbonyl (C=O) groups is 1. The van der Waals surface area contributed by atoms with Crippen molar-refractivity contribution in [3.63, 3.8) is 0 Å². The first-order chi connectivity index (χ1) is 15.9. The molecule has 0 aliphatic carbocycles. The predicted octanol–water partition coefficient (Wildman–Crippen LogP) is 2.48. The van der Waals surface area contributed by atoms with E-state index in [-0.39, 0.29) is 17.9 Å². The van der Waals surface area contributed by atoms with Gasteiger partial charge < -0.3 is 19.5 Å². The molecule has 0 bridgehead atoms. The molecule has 1 fully saturated rings. The third kappa shape index (κ3) is 5.22. The van der Waals surface area contributed by atoms with E-state index in [1.54, 1.807) is 7.11 Å². The van der Waals surface area contributed by atoms with Crippen molar-refractivity contribution in [2.45, 2.75) is 59.2 Å². The topological polar surface area (TPSA) is 75.5 Å². The number of fused-ring (bicyclic) bond motifs is 1. The zero-order valence-electron chi connectivity index (χ0n) is 20.7. The molecule has 1 N–H and O–H groups in total. The van der Waals surface area contributed by atoms with Gasteiger partial charge in [-0.25, -0.2) is 0 Å². The highest BCUT2D eigenvalue weighted by Crippen LogP contribution is 2.26. The molecule has 1 amide bonds. The second-order valence-electron chi connectivity index (χ2n) is 9.64. The van der Waals surface area contributed by atoms with Gasteiger partial charge >= 0.3 is 0 Å². The predicted molar refractivity (Wildman–Crippen MR) is 128 cm³/mol. The number of methoxy groups -OCH3 is 1. The number of amides is 1. The van der Waals surface area contributed by atoms with E-state index in [2.05, 4.69) is 62.9 Å². The van der Waals surface area contributed by atoms with E-state index in [1.165, 1.54) is 16.7 Å². The summed E-state index contributed by atoms with van der Waals surface area (Å²) in [5.41, 5.74) is 3.84. The summed E-state index contributed by atoms with van der Waals surface area (Å²) in [7, 11) is 3.84. The highest BCUT2D eigenvalue weighted by molar-refractivity contribution is 5.79. The van der Waals surface area contributed by atoms with Crippen LogP contribution in [0.25, 0.3) is 0 Å². The molecule has 1 saturated heterocycles. The number of ether oxygens (including phenoxy) is 1. The lowest BCUT2D eigenvalue weighted by Gasteiger charge is -2.29. The van der Waals surface area contributed by atoms with E-state index in [0.29, 0.717) is 0 Å². The molecule has 1 atom stereocenters. The zero-order valence-corrected chi connectivity index (χ0v) is 20.7. The Morgan fingerprint density at radius 3 is 2.61 bits per heavy atom. The molecule has 0 saturated carbocycles. The molecule has 8 nitrogen and oxygen atoms in total. The number of hydrogen-bond donors (Lipinski definition) is 1. The van der Waals surface area contributed by atoms with Crippen molar-refractivity contribution in [1.82, 2.24) is 29.9 Å². The van der Waals surface area contributed by atoms with Gasteiger partial charge in [0, 0.05) is 38.5 Å². The van der Waals surface area contributed by atoms with Gasteiger partial charge in [0.1, 0.15) is 11.6 Å². The standard InChI is InChI=1S/C25H38N6O2/c1-17-18(2)22(33-5)7-6-21(17)16-30-13-10-23-27-28-24(31(23)15-14-30)19(3)26-25(32)20-8-11-29(4)12-9-20/h6-7,19-20H,8-16H2,1-5H3,(H,26,32)/t19-/m1/s1. The SMILES string of the molecule is COc1ccc(CN2CCc3nnc([C@@H](C)NC(=O)C4CCN(C)CC4)n3CC2)c(C)c1C. The van der Waals surface area contributed by atoms with Gasteiger partial charge in [0.15, 0.2) is 5.82 Å². The van der Waals surface area contributed by atoms with Crippen molar-refractivity contribution >= 4 is 5.91 Å². The third-order valence-electron chi connectivity index (χ3n) is 7.45. The maximum atomic E-state index is 12.8. The van der Waals surface area contributed by atoms with Gasteiger partial charge in [-0.1, -0.05) is 6.07 Å². The van der Waals surface area contributed by atoms with E-state index in [9.17, 15) is 4.79 Å². The summed E-state index contributed by atoms with van der Waals surface area (Å²) in [5.74, 6) is 3.06. The Hall–Kier alpha value is -2.45. The lowest BCUT2D eigenvalue weighted by atomic mass is 9.96. The number of nitrogens with zero attached hydrogens (tertiary/aromatic N) is 5. The van der Waals surface area contributed by atoms with Gasteiger partial charge in [0.25, 0.3) is 0 Å². The van der Waals surface area contributed by atoms with Gasteiger partial charge in [0.05, 0.1) is 13.2 Å². The van der Waals surface area contributed by atoms with Crippen LogP contribution in [0.2, 0.25) is 0 Å². The summed E-state index contributed by atoms with van der Waals surface area (Å²) in [5, 5.41) is 12.1. The smallest absolute Gasteiger partial charge is 0.223 e. The Balaban J connectivity index is 1.38. The molecule has 2 aliphatic rings. The number of benzene rings is 1. The number of aromatic nitrogens is 3. The lowest BCUT2D eigenvalue weighted by Crippen LogP contribution is -2.40. The molecule has 2 aromatic rings. The average molecular weight is 455 g/mol. The number of likely N-dealkylation sites (tertiary alicyclic amines) is 1. The summed E-state index contributed by atoms with van der Waals surface area (Å²) in [4.78, 5) is 17.6. The minimum Gasteiger partial charge on any atom is -0.496 e. The normalized spacial score (nSPS) is 19.1. The zero-order chi connectivity index (χ0) is 23.5. The molecule has 8 heteroatoms. The number of piperidine rings is 1. The van der Waals surface area contributed by atoms with Gasteiger partial charge in [-0.05, 0) is 76.5 Å². The number of nitrogens with one attached hydrogen (secondary N) is 1. The van der Waals surface area contributed by atoms with Crippen molar-refractivity contribution in [1.29, 1.82) is 0 Å². The summed E-state index contributed by atoms with van der Waals surface area (Å²) in [6.45, 7) is 11.9. The molecule has 1 aromatic heterocycles. The van der Waals surface area contributed by atoms with E-state index in [4.69, 9.17) is 4.74 Å². The van der Waals surface area contributed by atoms with Crippen LogP contribution in [0.4, 0.5) is 0 Å². The van der Waals surface area contributed by atoms with Crippen molar-refractivity contribution < 1.29 is 9.53 Å². The molecule has 1 aromatic carbocycles. The maximum absolute atomic E-state index is 12.8. The van der Waals surface area contributed by atoms with Gasteiger partial charge in [-0.3, -0.25) is 9.69 Å². The molecule has 4 rings (SSSR count). The maximum Gasteiger partial charge on any atom is 0.223 e. The largest absolute Gasteiger partial charge is 0.496 e. The fourth-order valence-corrected chi connectivity index (χ4v) is 5.02. The highest BCUT2D eigenvalue weighted by Gasteiger charge is 2.27. The van der Waals surface area contributed by atoms with Crippen LogP contribution in [0.3, 0.4) is 0 Å². The molecule has 33 heavy (non-hydrogen) atoms. The Morgan fingerprint density at radius 1 is 1.12 bits per heavy atom. The van der Waals surface area contributed by atoms with Crippen molar-refractivity contribution in [3.05, 3.63) is 40.5 Å². The molecule has 0 unspecified atom stereocenters. The summed E-state index contributed by atoms with van der Waals surface area (Å²) < 4.78 is 7.68. The first-order valence-corrected chi connectivity index (χ1v) is 12.1. The second kappa shape index (κ2) is 10.2. The molecule has 3 heterocycles. The van der Waals surface area contributed by atoms with Crippen molar-refractivity contribution in [2.24, 2.45) is 5.92 Å². The Labute approximate surface area is 197 Å². The van der Waals surface area contributed by atoms with Gasteiger partial charge in [-0.2, -0.15) is 0 Å². The highest BCUT2D eigenvalue weighted by atomic mass is 16.5. The molecule has 2 aliphatic heterocycles. The van der Waals surface area contributed by atoms with E-state index in [1.807, 2.05) is 6.92 Å². The monoisotopic (exact) mass is 454 g/mol. The number of hydrogen-bond acceptors (Lipinski definition) is 6. The third-order valence-corrected chi connectivity index (χ3v) is 7.45. The minimum atomic E-state index is -0.142. The Morgan fingerprint density at radius 2 is 1.88 bits per heavy atom. The van der Waals surface area contributed by atoms with Gasteiger partial charge in [0.2, 0.25) is 5.91 Å². The van der Waals surface area contributed by atoms with Crippen LogP contribution >= 0.6 is 0 Å². The minimum absolute atomic E-state index is 0.0989. The van der Waals surface area contributed by atoms with E-state index < -0.39 is 0 Å². The first-order valence-electron chi connectivity index (χ1n) is 12.1. The Kier molecular flexibility index (Phi) is 7.34. The first kappa shape index (κ1) is 23.7. The van der Waals surface area contributed by atoms with Crippen LogP contribution < -0.4 is 10.1 Å². The lowest BCUT2D eigenvalue weighted by molar-refractivity contribution is -0.127. The van der Waals surface area contributed by atoms with E-state index in [0.717, 1.165) is 75.9 Å². The summed E-state index contributed by atoms with van der Waals surface area (Å²) >= 11 is 0. The van der Waals surface area contributed by atoms with Crippen LogP contribution in [0.15, 0.2) is 12.1 Å². The molecular formula is C25H38N6O2. The quantitative estimate of drug-likeness (QED) is 0.723. The molecular weight excluding hydrogens is 416 g/mol. The average Bonchev–Trinajstić information content (AvgIpc) is 3.11. The second-order valence-corrected chi connectivity index (χ2v) is 9.64. The van der Waals surface area contributed by atoms with Crippen LogP contribution in [0.1, 0.15) is 54.1 Å². The number of rotatable bonds is 6. The van der Waals surface area contributed by atoms with E-state index >= 15 is 0 Å². The van der Waals surface area contributed by atoms with Crippen molar-refractivity contribution in [2.75, 3.05) is 40.3 Å². The van der Waals surface area contributed by atoms with Crippen LogP contribution in [-0.2, 0) is 24.3 Å². The van der Waals surface area contributed by atoms with Crippen LogP contribution in [0, 0.1) is 19.8 Å². The molecule has 0 spiro atoms. The van der Waals surface area contributed by atoms with Crippen LogP contribution in [-0.4, -0.2) is 70.8 Å². The van der Waals surface area contributed by atoms with Crippen LogP contribution in [0.5, 0.6) is 5.75 Å². The molecule has 0 radical (unpaired) electrons. The molecule has 180 valence electrons. The van der Waals surface area contributed by atoms with Crippen molar-refractivity contribution in [3.8, 4) is 5.75 Å². The van der Waals surface area contributed by atoms with Gasteiger partial charge in [-0.15, -0.1) is 10.2 Å². The fourth-order valence-electron chi connectivity index (χ4n) is 5.02. The summed E-state index contributed by atoms with van der Waals surface area (Å²) in [6.07, 6.45) is 2.70. The Bertz CT molecular complexity index is 980.